The van der Waals surface area contributed by atoms with Gasteiger partial charge in [-0.2, -0.15) is 0 Å². The van der Waals surface area contributed by atoms with Gasteiger partial charge in [0, 0.05) is 23.7 Å². The molecule has 2 heterocycles. The number of hydrogen-bond acceptors (Lipinski definition) is 5. The first kappa shape index (κ1) is 19.8. The summed E-state index contributed by atoms with van der Waals surface area (Å²) < 4.78 is 16.7. The summed E-state index contributed by atoms with van der Waals surface area (Å²) in [7, 11) is 3.11. The van der Waals surface area contributed by atoms with Gasteiger partial charge in [0.2, 0.25) is 0 Å². The van der Waals surface area contributed by atoms with E-state index in [0.717, 1.165) is 34.6 Å². The number of amides is 1. The van der Waals surface area contributed by atoms with Crippen LogP contribution in [0.25, 0.3) is 11.3 Å². The van der Waals surface area contributed by atoms with Crippen molar-refractivity contribution in [3.63, 3.8) is 0 Å². The lowest BCUT2D eigenvalue weighted by molar-refractivity contribution is 0.0933. The second-order valence-corrected chi connectivity index (χ2v) is 7.19. The highest BCUT2D eigenvalue weighted by Crippen LogP contribution is 2.38. The number of methoxy groups -OCH3 is 2. The minimum Gasteiger partial charge on any atom is -0.493 e. The van der Waals surface area contributed by atoms with E-state index in [1.807, 2.05) is 31.2 Å². The van der Waals surface area contributed by atoms with Crippen LogP contribution in [0.2, 0.25) is 0 Å². The lowest BCUT2D eigenvalue weighted by Gasteiger charge is -2.14. The number of carbonyl (C=O) groups excluding carboxylic acids is 1. The molecule has 0 fully saturated rings. The molecule has 6 heteroatoms. The van der Waals surface area contributed by atoms with Gasteiger partial charge in [0.1, 0.15) is 11.9 Å². The topological polar surface area (TPSA) is 69.7 Å². The molecule has 2 aromatic carbocycles. The maximum absolute atomic E-state index is 12.6. The number of aryl methyl sites for hydroxylation is 1. The molecule has 30 heavy (non-hydrogen) atoms. The highest BCUT2D eigenvalue weighted by molar-refractivity contribution is 5.94. The molecule has 0 aliphatic carbocycles. The van der Waals surface area contributed by atoms with Gasteiger partial charge in [-0.05, 0) is 48.4 Å². The molecule has 1 atom stereocenters. The fourth-order valence-electron chi connectivity index (χ4n) is 3.69. The number of aromatic nitrogens is 1. The summed E-state index contributed by atoms with van der Waals surface area (Å²) >= 11 is 0. The summed E-state index contributed by atoms with van der Waals surface area (Å²) in [6.45, 7) is 2.44. The van der Waals surface area contributed by atoms with Gasteiger partial charge in [0.05, 0.1) is 26.5 Å². The maximum Gasteiger partial charge on any atom is 0.251 e. The van der Waals surface area contributed by atoms with Crippen LogP contribution in [0.4, 0.5) is 0 Å². The molecule has 1 unspecified atom stereocenters. The van der Waals surface area contributed by atoms with E-state index >= 15 is 0 Å². The first-order valence-electron chi connectivity index (χ1n) is 9.81. The van der Waals surface area contributed by atoms with Crippen LogP contribution < -0.4 is 19.5 Å². The van der Waals surface area contributed by atoms with Crippen molar-refractivity contribution >= 4 is 5.91 Å². The van der Waals surface area contributed by atoms with E-state index in [0.29, 0.717) is 23.6 Å². The number of nitrogens with zero attached hydrogens (tertiary/aromatic N) is 1. The third-order valence-corrected chi connectivity index (χ3v) is 5.23. The van der Waals surface area contributed by atoms with E-state index in [9.17, 15) is 4.79 Å². The molecule has 1 amide bonds. The van der Waals surface area contributed by atoms with Gasteiger partial charge in [-0.25, -0.2) is 0 Å². The molecule has 3 aromatic rings. The molecule has 0 saturated carbocycles. The first-order chi connectivity index (χ1) is 14.6. The van der Waals surface area contributed by atoms with E-state index in [-0.39, 0.29) is 12.0 Å². The van der Waals surface area contributed by atoms with E-state index in [4.69, 9.17) is 14.2 Å². The molecule has 0 bridgehead atoms. The monoisotopic (exact) mass is 404 g/mol. The van der Waals surface area contributed by atoms with Crippen LogP contribution in [0.1, 0.15) is 21.5 Å². The Bertz CT molecular complexity index is 1080. The molecule has 1 N–H and O–H groups in total. The minimum atomic E-state index is -0.184. The molecule has 0 saturated heterocycles. The predicted molar refractivity (Wildman–Crippen MR) is 114 cm³/mol. The minimum absolute atomic E-state index is 0.130. The average Bonchev–Trinajstić information content (AvgIpc) is 3.20. The fourth-order valence-corrected chi connectivity index (χ4v) is 3.69. The Balaban J connectivity index is 1.45. The second-order valence-electron chi connectivity index (χ2n) is 7.19. The molecule has 1 aliphatic heterocycles. The van der Waals surface area contributed by atoms with E-state index < -0.39 is 0 Å². The van der Waals surface area contributed by atoms with Crippen LogP contribution in [-0.4, -0.2) is 37.8 Å². The summed E-state index contributed by atoms with van der Waals surface area (Å²) in [5.41, 5.74) is 4.64. The molecule has 1 aliphatic rings. The fraction of sp³-hybridized carbons (Fsp3) is 0.250. The summed E-state index contributed by atoms with van der Waals surface area (Å²) in [6, 6.07) is 15.2. The molecule has 4 rings (SSSR count). The van der Waals surface area contributed by atoms with Crippen LogP contribution in [-0.2, 0) is 6.42 Å². The van der Waals surface area contributed by atoms with E-state index in [1.54, 1.807) is 38.6 Å². The van der Waals surface area contributed by atoms with Crippen LogP contribution in [0.3, 0.4) is 0 Å². The molecule has 1 aromatic heterocycles. The molecule has 154 valence electrons. The van der Waals surface area contributed by atoms with Crippen molar-refractivity contribution in [2.24, 2.45) is 0 Å². The zero-order valence-electron chi connectivity index (χ0n) is 17.3. The Morgan fingerprint density at radius 2 is 1.97 bits per heavy atom. The van der Waals surface area contributed by atoms with E-state index in [1.165, 1.54) is 0 Å². The van der Waals surface area contributed by atoms with Crippen LogP contribution in [0.5, 0.6) is 17.2 Å². The SMILES string of the molecule is COc1ccc(C(=O)NCC2Cc3cccc(-c4ncccc4C)c3O2)cc1OC. The molecular formula is C24H24N2O4. The van der Waals surface area contributed by atoms with Gasteiger partial charge in [0.25, 0.3) is 5.91 Å². The number of ether oxygens (including phenoxy) is 3. The van der Waals surface area contributed by atoms with Crippen molar-refractivity contribution in [1.29, 1.82) is 0 Å². The zero-order chi connectivity index (χ0) is 21.1. The largest absolute Gasteiger partial charge is 0.493 e. The number of benzene rings is 2. The standard InChI is InChI=1S/C24H24N2O4/c1-15-6-5-11-25-22(15)19-8-4-7-16-12-18(30-23(16)19)14-26-24(27)17-9-10-20(28-2)21(13-17)29-3/h4-11,13,18H,12,14H2,1-3H3,(H,26,27). The number of rotatable bonds is 6. The van der Waals surface area contributed by atoms with Crippen LogP contribution in [0.15, 0.2) is 54.7 Å². The smallest absolute Gasteiger partial charge is 0.251 e. The Morgan fingerprint density at radius 3 is 2.73 bits per heavy atom. The highest BCUT2D eigenvalue weighted by atomic mass is 16.5. The molecule has 0 spiro atoms. The normalized spacial score (nSPS) is 14.6. The number of pyridine rings is 1. The number of nitrogens with one attached hydrogen (secondary N) is 1. The predicted octanol–water partition coefficient (Wildman–Crippen LogP) is 3.81. The lowest BCUT2D eigenvalue weighted by atomic mass is 10.0. The van der Waals surface area contributed by atoms with Crippen molar-refractivity contribution in [2.45, 2.75) is 19.4 Å². The van der Waals surface area contributed by atoms with Gasteiger partial charge in [-0.1, -0.05) is 18.2 Å². The average molecular weight is 404 g/mol. The van der Waals surface area contributed by atoms with Gasteiger partial charge in [-0.3, -0.25) is 9.78 Å². The van der Waals surface area contributed by atoms with Crippen molar-refractivity contribution in [3.05, 3.63) is 71.4 Å². The molecule has 6 nitrogen and oxygen atoms in total. The van der Waals surface area contributed by atoms with Crippen molar-refractivity contribution in [3.8, 4) is 28.5 Å². The Labute approximate surface area is 175 Å². The second kappa shape index (κ2) is 8.45. The van der Waals surface area contributed by atoms with Crippen LogP contribution >= 0.6 is 0 Å². The maximum atomic E-state index is 12.6. The molecule has 0 radical (unpaired) electrons. The first-order valence-corrected chi connectivity index (χ1v) is 9.81. The van der Waals surface area contributed by atoms with E-state index in [2.05, 4.69) is 16.4 Å². The highest BCUT2D eigenvalue weighted by Gasteiger charge is 2.27. The summed E-state index contributed by atoms with van der Waals surface area (Å²) in [6.07, 6.45) is 2.40. The quantitative estimate of drug-likeness (QED) is 0.677. The van der Waals surface area contributed by atoms with Gasteiger partial charge in [0.15, 0.2) is 11.5 Å². The number of para-hydroxylation sites is 1. The Morgan fingerprint density at radius 1 is 1.13 bits per heavy atom. The number of hydrogen-bond donors (Lipinski definition) is 1. The number of carbonyl (C=O) groups is 1. The Kier molecular flexibility index (Phi) is 5.57. The van der Waals surface area contributed by atoms with Gasteiger partial charge >= 0.3 is 0 Å². The summed E-state index contributed by atoms with van der Waals surface area (Å²) in [5, 5.41) is 2.96. The lowest BCUT2D eigenvalue weighted by Crippen LogP contribution is -2.34. The summed E-state index contributed by atoms with van der Waals surface area (Å²) in [5.74, 6) is 1.77. The van der Waals surface area contributed by atoms with Crippen LogP contribution in [0, 0.1) is 6.92 Å². The third-order valence-electron chi connectivity index (χ3n) is 5.23. The van der Waals surface area contributed by atoms with Crippen molar-refractivity contribution in [2.75, 3.05) is 20.8 Å². The van der Waals surface area contributed by atoms with Crippen molar-refractivity contribution < 1.29 is 19.0 Å². The van der Waals surface area contributed by atoms with Crippen molar-refractivity contribution in [1.82, 2.24) is 10.3 Å². The third kappa shape index (κ3) is 3.81. The van der Waals surface area contributed by atoms with Gasteiger partial charge in [-0.15, -0.1) is 0 Å². The van der Waals surface area contributed by atoms with Gasteiger partial charge < -0.3 is 19.5 Å². The zero-order valence-corrected chi connectivity index (χ0v) is 17.3. The number of fused-ring (bicyclic) bond motifs is 1. The Hall–Kier alpha value is -3.54. The molecular weight excluding hydrogens is 380 g/mol. The summed E-state index contributed by atoms with van der Waals surface area (Å²) in [4.78, 5) is 17.1.